The molecule has 4 heterocycles. The number of amides is 2. The molecule has 0 atom stereocenters. The van der Waals surface area contributed by atoms with Gasteiger partial charge in [-0.15, -0.1) is 0 Å². The van der Waals surface area contributed by atoms with E-state index >= 15 is 0 Å². The molecule has 5 rings (SSSR count). The lowest BCUT2D eigenvalue weighted by Crippen LogP contribution is -2.27. The standard InChI is InChI=1S/C26H27N7O2/c1-16-10-22-17(11-20(16)19-13-30-32(14-19)15-23(34)27-2)7-5-9-33(22)25-24-18(6-4-8-29-24)12-21(31-25)26(35)28-3/h4,6,8,10-14H,5,7,9,15H2,1-3H3,(H,27,34)(H,28,35). The Hall–Kier alpha value is -4.27. The maximum absolute atomic E-state index is 12.4. The number of fused-ring (bicyclic) bond motifs is 2. The van der Waals surface area contributed by atoms with Gasteiger partial charge >= 0.3 is 0 Å². The zero-order valence-electron chi connectivity index (χ0n) is 20.0. The fourth-order valence-electron chi connectivity index (χ4n) is 4.58. The van der Waals surface area contributed by atoms with Crippen LogP contribution in [0.15, 0.2) is 48.9 Å². The fourth-order valence-corrected chi connectivity index (χ4v) is 4.58. The topological polar surface area (TPSA) is 105 Å². The van der Waals surface area contributed by atoms with Crippen molar-refractivity contribution >= 4 is 34.2 Å². The summed E-state index contributed by atoms with van der Waals surface area (Å²) in [5.41, 5.74) is 6.56. The van der Waals surface area contributed by atoms with Crippen LogP contribution in [0.1, 0.15) is 28.0 Å². The number of likely N-dealkylation sites (N-methyl/N-ethyl adjacent to an activating group) is 1. The summed E-state index contributed by atoms with van der Waals surface area (Å²) in [7, 11) is 3.22. The van der Waals surface area contributed by atoms with Gasteiger partial charge in [-0.25, -0.2) is 4.98 Å². The zero-order chi connectivity index (χ0) is 24.5. The van der Waals surface area contributed by atoms with E-state index in [0.29, 0.717) is 11.5 Å². The highest BCUT2D eigenvalue weighted by Crippen LogP contribution is 2.39. The van der Waals surface area contributed by atoms with Crippen LogP contribution in [0, 0.1) is 6.92 Å². The van der Waals surface area contributed by atoms with Crippen molar-refractivity contribution in [2.24, 2.45) is 0 Å². The lowest BCUT2D eigenvalue weighted by atomic mass is 9.93. The van der Waals surface area contributed by atoms with Crippen molar-refractivity contribution in [2.45, 2.75) is 26.3 Å². The number of carbonyl (C=O) groups is 2. The smallest absolute Gasteiger partial charge is 0.269 e. The third kappa shape index (κ3) is 4.21. The molecule has 0 unspecified atom stereocenters. The number of benzene rings is 1. The first-order chi connectivity index (χ1) is 17.0. The molecule has 0 fully saturated rings. The highest BCUT2D eigenvalue weighted by Gasteiger charge is 2.25. The molecule has 2 amide bonds. The second-order valence-corrected chi connectivity index (χ2v) is 8.64. The monoisotopic (exact) mass is 469 g/mol. The second-order valence-electron chi connectivity index (χ2n) is 8.64. The highest BCUT2D eigenvalue weighted by atomic mass is 16.2. The first kappa shape index (κ1) is 22.5. The van der Waals surface area contributed by atoms with E-state index in [-0.39, 0.29) is 18.4 Å². The molecule has 178 valence electrons. The molecule has 9 nitrogen and oxygen atoms in total. The first-order valence-corrected chi connectivity index (χ1v) is 11.6. The van der Waals surface area contributed by atoms with Gasteiger partial charge in [-0.1, -0.05) is 6.07 Å². The Balaban J connectivity index is 1.58. The number of nitrogens with zero attached hydrogens (tertiary/aromatic N) is 5. The number of carbonyl (C=O) groups excluding carboxylic acids is 2. The van der Waals surface area contributed by atoms with Crippen LogP contribution in [0.2, 0.25) is 0 Å². The SMILES string of the molecule is CNC(=O)Cn1cc(-c2cc3c(cc2C)N(c2nc(C(=O)NC)cc4cccnc24)CCC3)cn1. The third-order valence-electron chi connectivity index (χ3n) is 6.36. The minimum absolute atomic E-state index is 0.0928. The van der Waals surface area contributed by atoms with Gasteiger partial charge in [0.15, 0.2) is 5.82 Å². The number of aryl methyl sites for hydroxylation is 2. The van der Waals surface area contributed by atoms with E-state index in [1.807, 2.05) is 18.3 Å². The fraction of sp³-hybridized carbons (Fsp3) is 0.269. The lowest BCUT2D eigenvalue weighted by Gasteiger charge is -2.32. The molecule has 0 aliphatic carbocycles. The molecule has 35 heavy (non-hydrogen) atoms. The molecule has 9 heteroatoms. The number of anilines is 2. The Labute approximate surface area is 203 Å². The summed E-state index contributed by atoms with van der Waals surface area (Å²) < 4.78 is 1.64. The van der Waals surface area contributed by atoms with E-state index < -0.39 is 0 Å². The summed E-state index contributed by atoms with van der Waals surface area (Å²) in [5, 5.41) is 10.5. The number of hydrogen-bond donors (Lipinski definition) is 2. The molecule has 1 aliphatic rings. The summed E-state index contributed by atoms with van der Waals surface area (Å²) in [5.74, 6) is 0.368. The largest absolute Gasteiger partial charge is 0.358 e. The van der Waals surface area contributed by atoms with E-state index in [4.69, 9.17) is 4.98 Å². The maximum Gasteiger partial charge on any atom is 0.269 e. The Bertz CT molecular complexity index is 1440. The predicted octanol–water partition coefficient (Wildman–Crippen LogP) is 2.99. The number of rotatable bonds is 5. The Morgan fingerprint density at radius 2 is 2.00 bits per heavy atom. The van der Waals surface area contributed by atoms with Crippen LogP contribution in [-0.4, -0.2) is 52.2 Å². The Morgan fingerprint density at radius 1 is 1.14 bits per heavy atom. The summed E-state index contributed by atoms with van der Waals surface area (Å²) in [6.07, 6.45) is 7.33. The van der Waals surface area contributed by atoms with Gasteiger partial charge in [0.2, 0.25) is 5.91 Å². The predicted molar refractivity (Wildman–Crippen MR) is 135 cm³/mol. The van der Waals surface area contributed by atoms with E-state index in [9.17, 15) is 9.59 Å². The van der Waals surface area contributed by atoms with Crippen molar-refractivity contribution in [1.29, 1.82) is 0 Å². The van der Waals surface area contributed by atoms with Gasteiger partial charge < -0.3 is 15.5 Å². The maximum atomic E-state index is 12.4. The minimum Gasteiger partial charge on any atom is -0.358 e. The van der Waals surface area contributed by atoms with Gasteiger partial charge in [0.1, 0.15) is 17.8 Å². The first-order valence-electron chi connectivity index (χ1n) is 11.6. The molecule has 2 N–H and O–H groups in total. The van der Waals surface area contributed by atoms with Crippen LogP contribution >= 0.6 is 0 Å². The van der Waals surface area contributed by atoms with Crippen molar-refractivity contribution < 1.29 is 9.59 Å². The Kier molecular flexibility index (Phi) is 5.90. The summed E-state index contributed by atoms with van der Waals surface area (Å²) in [4.78, 5) is 35.7. The molecule has 4 aromatic rings. The molecule has 1 aliphatic heterocycles. The van der Waals surface area contributed by atoms with Crippen LogP contribution in [0.5, 0.6) is 0 Å². The molecular weight excluding hydrogens is 442 g/mol. The summed E-state index contributed by atoms with van der Waals surface area (Å²) in [6, 6.07) is 9.97. The third-order valence-corrected chi connectivity index (χ3v) is 6.36. The van der Waals surface area contributed by atoms with Gasteiger partial charge in [-0.2, -0.15) is 5.10 Å². The van der Waals surface area contributed by atoms with Gasteiger partial charge in [0, 0.05) is 49.7 Å². The van der Waals surface area contributed by atoms with Crippen molar-refractivity contribution in [3.8, 4) is 11.1 Å². The van der Waals surface area contributed by atoms with Crippen molar-refractivity contribution in [2.75, 3.05) is 25.5 Å². The van der Waals surface area contributed by atoms with Crippen LogP contribution < -0.4 is 15.5 Å². The molecule has 0 saturated heterocycles. The van der Waals surface area contributed by atoms with E-state index in [1.54, 1.807) is 37.2 Å². The second kappa shape index (κ2) is 9.17. The molecule has 0 bridgehead atoms. The average Bonchev–Trinajstić information content (AvgIpc) is 3.34. The van der Waals surface area contributed by atoms with Crippen molar-refractivity contribution in [3.63, 3.8) is 0 Å². The van der Waals surface area contributed by atoms with Gasteiger partial charge in [-0.3, -0.25) is 19.3 Å². The number of hydrogen-bond acceptors (Lipinski definition) is 6. The molecule has 3 aromatic heterocycles. The number of nitrogens with one attached hydrogen (secondary N) is 2. The van der Waals surface area contributed by atoms with Crippen LogP contribution in [0.4, 0.5) is 11.5 Å². The van der Waals surface area contributed by atoms with E-state index in [2.05, 4.69) is 44.7 Å². The zero-order valence-corrected chi connectivity index (χ0v) is 20.0. The van der Waals surface area contributed by atoms with Gasteiger partial charge in [0.25, 0.3) is 5.91 Å². The molecular formula is C26H27N7O2. The van der Waals surface area contributed by atoms with Crippen molar-refractivity contribution in [3.05, 3.63) is 65.7 Å². The molecule has 0 saturated carbocycles. The van der Waals surface area contributed by atoms with E-state index in [0.717, 1.165) is 52.7 Å². The number of aromatic nitrogens is 4. The quantitative estimate of drug-likeness (QED) is 0.466. The van der Waals surface area contributed by atoms with Crippen LogP contribution in [0.3, 0.4) is 0 Å². The molecule has 0 radical (unpaired) electrons. The highest BCUT2D eigenvalue weighted by molar-refractivity contribution is 6.00. The lowest BCUT2D eigenvalue weighted by molar-refractivity contribution is -0.121. The average molecular weight is 470 g/mol. The molecule has 1 aromatic carbocycles. The van der Waals surface area contributed by atoms with E-state index in [1.165, 1.54) is 5.56 Å². The van der Waals surface area contributed by atoms with Crippen LogP contribution in [0.25, 0.3) is 22.0 Å². The van der Waals surface area contributed by atoms with Gasteiger partial charge in [-0.05, 0) is 60.7 Å². The minimum atomic E-state index is -0.227. The number of pyridine rings is 2. The normalized spacial score (nSPS) is 12.9. The molecule has 0 spiro atoms. The summed E-state index contributed by atoms with van der Waals surface area (Å²) >= 11 is 0. The van der Waals surface area contributed by atoms with Crippen molar-refractivity contribution in [1.82, 2.24) is 30.4 Å². The Morgan fingerprint density at radius 3 is 2.80 bits per heavy atom. The van der Waals surface area contributed by atoms with Crippen LogP contribution in [-0.2, 0) is 17.8 Å². The van der Waals surface area contributed by atoms with Gasteiger partial charge in [0.05, 0.1) is 6.20 Å². The summed E-state index contributed by atoms with van der Waals surface area (Å²) in [6.45, 7) is 3.04.